The van der Waals surface area contributed by atoms with Crippen molar-refractivity contribution in [3.8, 4) is 0 Å². The molecule has 0 aliphatic carbocycles. The first-order valence-electron chi connectivity index (χ1n) is 4.63. The van der Waals surface area contributed by atoms with Crippen LogP contribution in [0.5, 0.6) is 0 Å². The molecular formula is C11H15NO2. The van der Waals surface area contributed by atoms with Crippen molar-refractivity contribution in [2.45, 2.75) is 26.0 Å². The summed E-state index contributed by atoms with van der Waals surface area (Å²) in [6.07, 6.45) is 1.41. The fourth-order valence-corrected chi connectivity index (χ4v) is 1.04. The molecule has 76 valence electrons. The van der Waals surface area contributed by atoms with Crippen molar-refractivity contribution in [2.24, 2.45) is 0 Å². The third-order valence-corrected chi connectivity index (χ3v) is 2.15. The number of anilines is 1. The molecule has 1 aromatic carbocycles. The summed E-state index contributed by atoms with van der Waals surface area (Å²) in [5.74, 6) is 0. The molecule has 0 aliphatic heterocycles. The van der Waals surface area contributed by atoms with Gasteiger partial charge in [0.05, 0.1) is 0 Å². The zero-order valence-corrected chi connectivity index (χ0v) is 8.45. The maximum Gasteiger partial charge on any atom is 0.150 e. The number of aliphatic hydroxyl groups is 1. The Balaban J connectivity index is 2.73. The zero-order valence-electron chi connectivity index (χ0n) is 8.45. The fraction of sp³-hybridized carbons (Fsp3) is 0.364. The Morgan fingerprint density at radius 1 is 1.43 bits per heavy atom. The molecule has 0 heterocycles. The standard InChI is InChI=1S/C11H15NO2/c1-3-11(2,14)12-10-6-4-9(8-13)5-7-10/h4-8,12,14H,3H2,1-2H3. The molecule has 0 aromatic heterocycles. The van der Waals surface area contributed by atoms with E-state index in [0.29, 0.717) is 12.0 Å². The SMILES string of the molecule is CCC(C)(O)Nc1ccc(C=O)cc1. The summed E-state index contributed by atoms with van der Waals surface area (Å²) in [4.78, 5) is 10.4. The highest BCUT2D eigenvalue weighted by Gasteiger charge is 2.15. The van der Waals surface area contributed by atoms with Crippen molar-refractivity contribution in [2.75, 3.05) is 5.32 Å². The topological polar surface area (TPSA) is 49.3 Å². The van der Waals surface area contributed by atoms with Gasteiger partial charge in [0.2, 0.25) is 0 Å². The Kier molecular flexibility index (Phi) is 3.25. The molecule has 2 N–H and O–H groups in total. The maximum absolute atomic E-state index is 10.4. The van der Waals surface area contributed by atoms with Crippen LogP contribution in [0.4, 0.5) is 5.69 Å². The molecule has 0 bridgehead atoms. The van der Waals surface area contributed by atoms with Crippen LogP contribution < -0.4 is 5.32 Å². The second-order valence-electron chi connectivity index (χ2n) is 3.49. The fourth-order valence-electron chi connectivity index (χ4n) is 1.04. The number of hydrogen-bond acceptors (Lipinski definition) is 3. The molecule has 1 rings (SSSR count). The number of rotatable bonds is 4. The summed E-state index contributed by atoms with van der Waals surface area (Å²) >= 11 is 0. The van der Waals surface area contributed by atoms with Crippen molar-refractivity contribution in [1.82, 2.24) is 0 Å². The molecule has 0 amide bonds. The first-order chi connectivity index (χ1) is 6.57. The lowest BCUT2D eigenvalue weighted by atomic mass is 10.1. The van der Waals surface area contributed by atoms with Crippen LogP contribution in [0.2, 0.25) is 0 Å². The minimum Gasteiger partial charge on any atom is -0.371 e. The molecule has 1 unspecified atom stereocenters. The Bertz CT molecular complexity index is 304. The summed E-state index contributed by atoms with van der Waals surface area (Å²) in [7, 11) is 0. The molecule has 0 spiro atoms. The normalized spacial score (nSPS) is 14.5. The van der Waals surface area contributed by atoms with Gasteiger partial charge in [0, 0.05) is 11.3 Å². The second kappa shape index (κ2) is 4.24. The average molecular weight is 193 g/mol. The van der Waals surface area contributed by atoms with Crippen molar-refractivity contribution in [3.05, 3.63) is 29.8 Å². The van der Waals surface area contributed by atoms with Crippen LogP contribution in [0.3, 0.4) is 0 Å². The van der Waals surface area contributed by atoms with E-state index in [1.54, 1.807) is 31.2 Å². The van der Waals surface area contributed by atoms with E-state index in [9.17, 15) is 9.90 Å². The van der Waals surface area contributed by atoms with Crippen LogP contribution in [0, 0.1) is 0 Å². The van der Waals surface area contributed by atoms with Gasteiger partial charge in [-0.2, -0.15) is 0 Å². The molecule has 0 aliphatic rings. The van der Waals surface area contributed by atoms with Crippen molar-refractivity contribution in [3.63, 3.8) is 0 Å². The molecule has 0 saturated carbocycles. The Hall–Kier alpha value is -1.35. The van der Waals surface area contributed by atoms with Crippen LogP contribution >= 0.6 is 0 Å². The molecular weight excluding hydrogens is 178 g/mol. The Labute approximate surface area is 83.8 Å². The predicted octanol–water partition coefficient (Wildman–Crippen LogP) is 2.03. The van der Waals surface area contributed by atoms with E-state index in [0.717, 1.165) is 12.0 Å². The van der Waals surface area contributed by atoms with Crippen molar-refractivity contribution < 1.29 is 9.90 Å². The van der Waals surface area contributed by atoms with Crippen molar-refractivity contribution in [1.29, 1.82) is 0 Å². The van der Waals surface area contributed by atoms with Gasteiger partial charge in [-0.05, 0) is 37.6 Å². The highest BCUT2D eigenvalue weighted by Crippen LogP contribution is 2.15. The van der Waals surface area contributed by atoms with Gasteiger partial charge in [0.25, 0.3) is 0 Å². The molecule has 0 saturated heterocycles. The Morgan fingerprint density at radius 3 is 2.43 bits per heavy atom. The number of aldehydes is 1. The van der Waals surface area contributed by atoms with E-state index in [1.807, 2.05) is 6.92 Å². The smallest absolute Gasteiger partial charge is 0.150 e. The monoisotopic (exact) mass is 193 g/mol. The molecule has 3 nitrogen and oxygen atoms in total. The highest BCUT2D eigenvalue weighted by atomic mass is 16.3. The van der Waals surface area contributed by atoms with E-state index < -0.39 is 5.72 Å². The van der Waals surface area contributed by atoms with Crippen molar-refractivity contribution >= 4 is 12.0 Å². The summed E-state index contributed by atoms with van der Waals surface area (Å²) in [5.41, 5.74) is 0.539. The molecule has 0 radical (unpaired) electrons. The van der Waals surface area contributed by atoms with Gasteiger partial charge >= 0.3 is 0 Å². The van der Waals surface area contributed by atoms with Gasteiger partial charge in [-0.15, -0.1) is 0 Å². The first-order valence-corrected chi connectivity index (χ1v) is 4.63. The molecule has 0 fully saturated rings. The lowest BCUT2D eigenvalue weighted by molar-refractivity contribution is 0.0862. The largest absolute Gasteiger partial charge is 0.371 e. The lowest BCUT2D eigenvalue weighted by Gasteiger charge is -2.24. The van der Waals surface area contributed by atoms with Crippen LogP contribution in [0.25, 0.3) is 0 Å². The quantitative estimate of drug-likeness (QED) is 0.568. The number of benzene rings is 1. The second-order valence-corrected chi connectivity index (χ2v) is 3.49. The van der Waals surface area contributed by atoms with Gasteiger partial charge in [-0.1, -0.05) is 6.92 Å². The summed E-state index contributed by atoms with van der Waals surface area (Å²) in [6, 6.07) is 6.96. The third-order valence-electron chi connectivity index (χ3n) is 2.15. The van der Waals surface area contributed by atoms with E-state index in [2.05, 4.69) is 5.32 Å². The minimum absolute atomic E-state index is 0.614. The first kappa shape index (κ1) is 10.7. The molecule has 1 aromatic rings. The van der Waals surface area contributed by atoms with Gasteiger partial charge in [0.15, 0.2) is 0 Å². The summed E-state index contributed by atoms with van der Waals surface area (Å²) in [6.45, 7) is 3.60. The van der Waals surface area contributed by atoms with Crippen LogP contribution in [-0.2, 0) is 0 Å². The number of nitrogens with one attached hydrogen (secondary N) is 1. The number of carbonyl (C=O) groups excluding carboxylic acids is 1. The number of carbonyl (C=O) groups is 1. The van der Waals surface area contributed by atoms with E-state index >= 15 is 0 Å². The van der Waals surface area contributed by atoms with Gasteiger partial charge in [0.1, 0.15) is 12.0 Å². The third kappa shape index (κ3) is 2.85. The molecule has 1 atom stereocenters. The van der Waals surface area contributed by atoms with E-state index in [1.165, 1.54) is 0 Å². The van der Waals surface area contributed by atoms with E-state index in [4.69, 9.17) is 0 Å². The predicted molar refractivity (Wildman–Crippen MR) is 56.4 cm³/mol. The zero-order chi connectivity index (χ0) is 10.6. The van der Waals surface area contributed by atoms with Crippen LogP contribution in [-0.4, -0.2) is 17.1 Å². The van der Waals surface area contributed by atoms with Gasteiger partial charge in [-0.3, -0.25) is 4.79 Å². The van der Waals surface area contributed by atoms with Crippen LogP contribution in [0.1, 0.15) is 30.6 Å². The van der Waals surface area contributed by atoms with E-state index in [-0.39, 0.29) is 0 Å². The highest BCUT2D eigenvalue weighted by molar-refractivity contribution is 5.75. The molecule has 3 heteroatoms. The molecule has 14 heavy (non-hydrogen) atoms. The minimum atomic E-state index is -0.900. The van der Waals surface area contributed by atoms with Crippen LogP contribution in [0.15, 0.2) is 24.3 Å². The summed E-state index contributed by atoms with van der Waals surface area (Å²) in [5, 5.41) is 12.7. The summed E-state index contributed by atoms with van der Waals surface area (Å²) < 4.78 is 0. The van der Waals surface area contributed by atoms with Gasteiger partial charge in [-0.25, -0.2) is 0 Å². The Morgan fingerprint density at radius 2 is 2.00 bits per heavy atom. The van der Waals surface area contributed by atoms with Gasteiger partial charge < -0.3 is 10.4 Å². The maximum atomic E-state index is 10.4. The lowest BCUT2D eigenvalue weighted by Crippen LogP contribution is -2.33. The number of hydrogen-bond donors (Lipinski definition) is 2. The average Bonchev–Trinajstić information content (AvgIpc) is 2.19.